The summed E-state index contributed by atoms with van der Waals surface area (Å²) in [5.41, 5.74) is 1.99. The van der Waals surface area contributed by atoms with E-state index in [2.05, 4.69) is 4.90 Å². The van der Waals surface area contributed by atoms with E-state index >= 15 is 0 Å². The van der Waals surface area contributed by atoms with E-state index in [-0.39, 0.29) is 6.61 Å². The summed E-state index contributed by atoms with van der Waals surface area (Å²) < 4.78 is 10.9. The zero-order chi connectivity index (χ0) is 18.2. The van der Waals surface area contributed by atoms with E-state index in [4.69, 9.17) is 19.2 Å². The van der Waals surface area contributed by atoms with E-state index < -0.39 is 6.09 Å². The van der Waals surface area contributed by atoms with Gasteiger partial charge in [-0.3, -0.25) is 4.89 Å². The number of benzene rings is 1. The van der Waals surface area contributed by atoms with Crippen LogP contribution in [-0.2, 0) is 21.1 Å². The predicted molar refractivity (Wildman–Crippen MR) is 97.3 cm³/mol. The van der Waals surface area contributed by atoms with Gasteiger partial charge in [0.15, 0.2) is 0 Å². The normalized spacial score (nSPS) is 16.8. The summed E-state index contributed by atoms with van der Waals surface area (Å²) in [6, 6.07) is 5.92. The lowest BCUT2D eigenvalue weighted by Gasteiger charge is -2.31. The molecule has 1 amide bonds. The number of anilines is 1. The van der Waals surface area contributed by atoms with Crippen molar-refractivity contribution in [3.63, 3.8) is 0 Å². The molecule has 0 unspecified atom stereocenters. The van der Waals surface area contributed by atoms with Crippen molar-refractivity contribution in [2.45, 2.75) is 32.3 Å². The summed E-state index contributed by atoms with van der Waals surface area (Å²) in [6.45, 7) is 4.90. The molecule has 0 atom stereocenters. The lowest BCUT2D eigenvalue weighted by atomic mass is 10.1. The van der Waals surface area contributed by atoms with Gasteiger partial charge in [-0.25, -0.2) is 4.79 Å². The highest BCUT2D eigenvalue weighted by Gasteiger charge is 2.20. The number of carbonyl (C=O) groups is 1. The molecule has 0 bridgehead atoms. The van der Waals surface area contributed by atoms with Crippen molar-refractivity contribution in [3.8, 4) is 5.75 Å². The van der Waals surface area contributed by atoms with Crippen molar-refractivity contribution in [2.75, 3.05) is 51.4 Å². The summed E-state index contributed by atoms with van der Waals surface area (Å²) >= 11 is 0. The summed E-state index contributed by atoms with van der Waals surface area (Å²) in [4.78, 5) is 26.1. The van der Waals surface area contributed by atoms with Gasteiger partial charge in [0.2, 0.25) is 0 Å². The van der Waals surface area contributed by atoms with Gasteiger partial charge in [-0.2, -0.15) is 4.89 Å². The Morgan fingerprint density at radius 2 is 2.04 bits per heavy atom. The average Bonchev–Trinajstić information content (AvgIpc) is 2.69. The number of methoxy groups -OCH3 is 1. The Labute approximate surface area is 154 Å². The molecule has 1 aromatic rings. The molecule has 1 fully saturated rings. The monoisotopic (exact) mass is 364 g/mol. The number of nitrogens with zero attached hydrogens (tertiary/aromatic N) is 2. The number of ether oxygens (including phenoxy) is 2. The van der Waals surface area contributed by atoms with Crippen LogP contribution in [0, 0.1) is 0 Å². The minimum absolute atomic E-state index is 0.221. The molecule has 0 N–H and O–H groups in total. The third-order valence-corrected chi connectivity index (χ3v) is 4.73. The summed E-state index contributed by atoms with van der Waals surface area (Å²) in [5, 5.41) is 0. The number of piperidine rings is 1. The van der Waals surface area contributed by atoms with E-state index in [1.807, 2.05) is 18.2 Å². The van der Waals surface area contributed by atoms with Crippen LogP contribution in [0.5, 0.6) is 5.75 Å². The highest BCUT2D eigenvalue weighted by atomic mass is 17.2. The fourth-order valence-corrected chi connectivity index (χ4v) is 3.32. The molecule has 0 aliphatic carbocycles. The Bertz CT molecular complexity index is 589. The first-order valence-electron chi connectivity index (χ1n) is 9.36. The Morgan fingerprint density at radius 3 is 2.85 bits per heavy atom. The molecular weight excluding hydrogens is 336 g/mol. The fourth-order valence-electron chi connectivity index (χ4n) is 3.32. The van der Waals surface area contributed by atoms with E-state index in [0.717, 1.165) is 69.0 Å². The van der Waals surface area contributed by atoms with Gasteiger partial charge in [0.1, 0.15) is 19.0 Å². The SMILES string of the molecule is COCCCN1CCOc2ccc(COOC(=O)N3CCCCC3)cc21. The third-order valence-electron chi connectivity index (χ3n) is 4.73. The van der Waals surface area contributed by atoms with Crippen molar-refractivity contribution < 1.29 is 24.0 Å². The lowest BCUT2D eigenvalue weighted by Crippen LogP contribution is -2.36. The van der Waals surface area contributed by atoms with Crippen molar-refractivity contribution in [2.24, 2.45) is 0 Å². The van der Waals surface area contributed by atoms with Crippen LogP contribution in [0.25, 0.3) is 0 Å². The molecule has 144 valence electrons. The minimum atomic E-state index is -0.396. The van der Waals surface area contributed by atoms with Gasteiger partial charge in [-0.15, -0.1) is 0 Å². The lowest BCUT2D eigenvalue weighted by molar-refractivity contribution is -0.255. The molecule has 26 heavy (non-hydrogen) atoms. The molecule has 1 aromatic carbocycles. The zero-order valence-electron chi connectivity index (χ0n) is 15.4. The number of carbonyl (C=O) groups excluding carboxylic acids is 1. The van der Waals surface area contributed by atoms with E-state index in [1.165, 1.54) is 6.42 Å². The molecule has 2 aliphatic rings. The van der Waals surface area contributed by atoms with Crippen LogP contribution in [0.4, 0.5) is 10.5 Å². The molecule has 0 aromatic heterocycles. The first kappa shape index (κ1) is 18.8. The van der Waals surface area contributed by atoms with Crippen molar-refractivity contribution >= 4 is 11.8 Å². The Balaban J connectivity index is 1.52. The fraction of sp³-hybridized carbons (Fsp3) is 0.632. The molecule has 2 aliphatic heterocycles. The number of hydrogen-bond acceptors (Lipinski definition) is 6. The molecule has 7 heteroatoms. The maximum Gasteiger partial charge on any atom is 0.441 e. The van der Waals surface area contributed by atoms with Gasteiger partial charge in [-0.05, 0) is 43.4 Å². The molecule has 0 radical (unpaired) electrons. The number of likely N-dealkylation sites (tertiary alicyclic amines) is 1. The second-order valence-corrected chi connectivity index (χ2v) is 6.64. The highest BCUT2D eigenvalue weighted by molar-refractivity contribution is 5.67. The largest absolute Gasteiger partial charge is 0.490 e. The smallest absolute Gasteiger partial charge is 0.441 e. The Hall–Kier alpha value is -1.99. The van der Waals surface area contributed by atoms with Crippen LogP contribution in [0.2, 0.25) is 0 Å². The first-order chi connectivity index (χ1) is 12.8. The molecule has 1 saturated heterocycles. The standard InChI is InChI=1S/C19H28N2O5/c1-23-12-5-10-20-11-13-24-18-7-6-16(14-17(18)20)15-25-26-19(22)21-8-3-2-4-9-21/h6-7,14H,2-5,8-13,15H2,1H3. The van der Waals surface area contributed by atoms with Gasteiger partial charge in [0.25, 0.3) is 0 Å². The molecule has 7 nitrogen and oxygen atoms in total. The topological polar surface area (TPSA) is 60.5 Å². The quantitative estimate of drug-likeness (QED) is 0.421. The van der Waals surface area contributed by atoms with Crippen LogP contribution in [0.15, 0.2) is 18.2 Å². The molecule has 2 heterocycles. The number of hydrogen-bond donors (Lipinski definition) is 0. The Kier molecular flexibility index (Phi) is 6.96. The van der Waals surface area contributed by atoms with Gasteiger partial charge in [0.05, 0.1) is 12.2 Å². The third kappa shape index (κ3) is 5.02. The molecular formula is C19H28N2O5. The van der Waals surface area contributed by atoms with E-state index in [0.29, 0.717) is 6.61 Å². The number of rotatable bonds is 7. The highest BCUT2D eigenvalue weighted by Crippen LogP contribution is 2.32. The van der Waals surface area contributed by atoms with Gasteiger partial charge < -0.3 is 19.3 Å². The zero-order valence-corrected chi connectivity index (χ0v) is 15.4. The minimum Gasteiger partial charge on any atom is -0.490 e. The molecule has 0 spiro atoms. The van der Waals surface area contributed by atoms with Crippen LogP contribution < -0.4 is 9.64 Å². The first-order valence-corrected chi connectivity index (χ1v) is 9.36. The van der Waals surface area contributed by atoms with Crippen LogP contribution in [0.1, 0.15) is 31.2 Å². The Morgan fingerprint density at radius 1 is 1.19 bits per heavy atom. The number of amides is 1. The summed E-state index contributed by atoms with van der Waals surface area (Å²) in [5.74, 6) is 0.878. The van der Waals surface area contributed by atoms with Crippen molar-refractivity contribution in [3.05, 3.63) is 23.8 Å². The van der Waals surface area contributed by atoms with Gasteiger partial charge >= 0.3 is 6.09 Å². The maximum atomic E-state index is 12.0. The number of fused-ring (bicyclic) bond motifs is 1. The van der Waals surface area contributed by atoms with Gasteiger partial charge in [-0.1, -0.05) is 6.07 Å². The van der Waals surface area contributed by atoms with E-state index in [9.17, 15) is 4.79 Å². The summed E-state index contributed by atoms with van der Waals surface area (Å²) in [6.07, 6.45) is 3.79. The van der Waals surface area contributed by atoms with Crippen molar-refractivity contribution in [1.29, 1.82) is 0 Å². The molecule has 3 rings (SSSR count). The second kappa shape index (κ2) is 9.64. The van der Waals surface area contributed by atoms with Gasteiger partial charge in [0, 0.05) is 33.4 Å². The molecule has 0 saturated carbocycles. The van der Waals surface area contributed by atoms with Crippen LogP contribution in [0.3, 0.4) is 0 Å². The van der Waals surface area contributed by atoms with E-state index in [1.54, 1.807) is 12.0 Å². The van der Waals surface area contributed by atoms with Crippen LogP contribution >= 0.6 is 0 Å². The maximum absolute atomic E-state index is 12.0. The predicted octanol–water partition coefficient (Wildman–Crippen LogP) is 2.98. The van der Waals surface area contributed by atoms with Crippen LogP contribution in [-0.4, -0.2) is 57.5 Å². The average molecular weight is 364 g/mol. The van der Waals surface area contributed by atoms with Crippen molar-refractivity contribution in [1.82, 2.24) is 4.90 Å². The summed E-state index contributed by atoms with van der Waals surface area (Å²) in [7, 11) is 1.72. The second-order valence-electron chi connectivity index (χ2n) is 6.64.